The second-order valence-corrected chi connectivity index (χ2v) is 8.59. The van der Waals surface area contributed by atoms with Crippen molar-refractivity contribution in [2.45, 2.75) is 33.1 Å². The van der Waals surface area contributed by atoms with E-state index in [1.165, 1.54) is 4.31 Å². The molecule has 0 fully saturated rings. The maximum absolute atomic E-state index is 12.6. The van der Waals surface area contributed by atoms with Gasteiger partial charge in [-0.25, -0.2) is 8.42 Å². The first-order valence-electron chi connectivity index (χ1n) is 6.91. The van der Waals surface area contributed by atoms with Gasteiger partial charge in [-0.05, 0) is 17.0 Å². The number of carbonyl (C=O) groups is 1. The van der Waals surface area contributed by atoms with E-state index in [0.717, 1.165) is 5.56 Å². The number of benzene rings is 1. The zero-order valence-electron chi connectivity index (χ0n) is 12.5. The van der Waals surface area contributed by atoms with Crippen molar-refractivity contribution < 1.29 is 18.3 Å². The van der Waals surface area contributed by atoms with Crippen LogP contribution in [-0.4, -0.2) is 31.8 Å². The van der Waals surface area contributed by atoms with Gasteiger partial charge in [0, 0.05) is 12.5 Å². The monoisotopic (exact) mass is 311 g/mol. The summed E-state index contributed by atoms with van der Waals surface area (Å²) in [5, 5.41) is 9.01. The fourth-order valence-electron chi connectivity index (χ4n) is 2.73. The molecule has 116 valence electrons. The van der Waals surface area contributed by atoms with E-state index >= 15 is 0 Å². The fraction of sp³-hybridized carbons (Fsp3) is 0.533. The molecule has 0 bridgehead atoms. The minimum Gasteiger partial charge on any atom is -0.481 e. The lowest BCUT2D eigenvalue weighted by atomic mass is 9.98. The second-order valence-electron chi connectivity index (χ2n) is 6.70. The smallest absolute Gasteiger partial charge is 0.304 e. The lowest BCUT2D eigenvalue weighted by molar-refractivity contribution is -0.137. The number of sulfonamides is 1. The second kappa shape index (κ2) is 5.33. The van der Waals surface area contributed by atoms with E-state index in [-0.39, 0.29) is 30.1 Å². The third-order valence-electron chi connectivity index (χ3n) is 3.40. The topological polar surface area (TPSA) is 74.7 Å². The van der Waals surface area contributed by atoms with Gasteiger partial charge in [-0.2, -0.15) is 0 Å². The van der Waals surface area contributed by atoms with Gasteiger partial charge in [0.1, 0.15) is 0 Å². The fourth-order valence-corrected chi connectivity index (χ4v) is 4.85. The van der Waals surface area contributed by atoms with Crippen LogP contribution < -0.4 is 4.31 Å². The van der Waals surface area contributed by atoms with Crippen LogP contribution in [0.15, 0.2) is 24.3 Å². The van der Waals surface area contributed by atoms with Crippen molar-refractivity contribution in [1.29, 1.82) is 0 Å². The summed E-state index contributed by atoms with van der Waals surface area (Å²) in [4.78, 5) is 11.0. The Labute approximate surface area is 125 Å². The Balaban J connectivity index is 2.37. The Kier molecular flexibility index (Phi) is 4.02. The van der Waals surface area contributed by atoms with Crippen LogP contribution in [0.5, 0.6) is 0 Å². The normalized spacial score (nSPS) is 18.6. The van der Waals surface area contributed by atoms with Crippen LogP contribution in [0.25, 0.3) is 0 Å². The molecule has 0 aliphatic carbocycles. The van der Waals surface area contributed by atoms with Crippen molar-refractivity contribution in [3.8, 4) is 0 Å². The van der Waals surface area contributed by atoms with Gasteiger partial charge in [0.05, 0.1) is 17.9 Å². The van der Waals surface area contributed by atoms with Crippen LogP contribution in [0.2, 0.25) is 0 Å². The molecule has 6 heteroatoms. The molecule has 1 N–H and O–H groups in total. The third kappa shape index (κ3) is 3.56. The van der Waals surface area contributed by atoms with Gasteiger partial charge in [-0.1, -0.05) is 39.0 Å². The number of rotatable bonds is 4. The van der Waals surface area contributed by atoms with Gasteiger partial charge in [0.25, 0.3) is 0 Å². The van der Waals surface area contributed by atoms with Crippen molar-refractivity contribution in [3.63, 3.8) is 0 Å². The molecular weight excluding hydrogens is 290 g/mol. The highest BCUT2D eigenvalue weighted by molar-refractivity contribution is 7.92. The highest BCUT2D eigenvalue weighted by Gasteiger charge is 2.37. The van der Waals surface area contributed by atoms with Crippen LogP contribution in [0.4, 0.5) is 5.69 Å². The summed E-state index contributed by atoms with van der Waals surface area (Å²) in [7, 11) is -3.46. The lowest BCUT2D eigenvalue weighted by Crippen LogP contribution is -2.36. The van der Waals surface area contributed by atoms with E-state index < -0.39 is 16.0 Å². The Morgan fingerprint density at radius 3 is 2.52 bits per heavy atom. The summed E-state index contributed by atoms with van der Waals surface area (Å²) < 4.78 is 26.6. The summed E-state index contributed by atoms with van der Waals surface area (Å²) in [5.41, 5.74) is 1.07. The van der Waals surface area contributed by atoms with E-state index in [2.05, 4.69) is 0 Å². The Morgan fingerprint density at radius 2 is 1.95 bits per heavy atom. The number of fused-ring (bicyclic) bond motifs is 1. The zero-order valence-corrected chi connectivity index (χ0v) is 13.4. The summed E-state index contributed by atoms with van der Waals surface area (Å²) in [6.45, 7) is 5.84. The van der Waals surface area contributed by atoms with Gasteiger partial charge in [-0.3, -0.25) is 9.10 Å². The van der Waals surface area contributed by atoms with Gasteiger partial charge in [0.2, 0.25) is 10.0 Å². The number of carboxylic acids is 1. The van der Waals surface area contributed by atoms with E-state index in [0.29, 0.717) is 5.69 Å². The average molecular weight is 311 g/mol. The van der Waals surface area contributed by atoms with Gasteiger partial charge in [-0.15, -0.1) is 0 Å². The minimum atomic E-state index is -3.46. The largest absolute Gasteiger partial charge is 0.481 e. The molecule has 0 saturated heterocycles. The Bertz CT molecular complexity index is 646. The molecule has 21 heavy (non-hydrogen) atoms. The molecule has 5 nitrogen and oxygen atoms in total. The highest BCUT2D eigenvalue weighted by Crippen LogP contribution is 2.40. The molecule has 2 rings (SSSR count). The number of nitrogens with zero attached hydrogens (tertiary/aromatic N) is 1. The van der Waals surface area contributed by atoms with Crippen LogP contribution in [-0.2, 0) is 14.8 Å². The van der Waals surface area contributed by atoms with E-state index in [1.807, 2.05) is 32.9 Å². The quantitative estimate of drug-likeness (QED) is 0.926. The molecule has 1 atom stereocenters. The SMILES string of the molecule is CC(C)(C)CS(=O)(=O)N1CC(CC(=O)O)c2ccccc21. The molecule has 1 aliphatic heterocycles. The standard InChI is InChI=1S/C15H21NO4S/c1-15(2,3)10-21(19,20)16-9-11(8-14(17)18)12-6-4-5-7-13(12)16/h4-7,11H,8-10H2,1-3H3,(H,17,18). The first kappa shape index (κ1) is 15.8. The number of hydrogen-bond acceptors (Lipinski definition) is 3. The van der Waals surface area contributed by atoms with Crippen LogP contribution >= 0.6 is 0 Å². The predicted molar refractivity (Wildman–Crippen MR) is 82.0 cm³/mol. The maximum atomic E-state index is 12.6. The summed E-state index contributed by atoms with van der Waals surface area (Å²) >= 11 is 0. The van der Waals surface area contributed by atoms with Crippen molar-refractivity contribution in [3.05, 3.63) is 29.8 Å². The van der Waals surface area contributed by atoms with Crippen molar-refractivity contribution in [2.24, 2.45) is 5.41 Å². The molecular formula is C15H21NO4S. The summed E-state index contributed by atoms with van der Waals surface area (Å²) in [6.07, 6.45) is -0.0570. The number of anilines is 1. The molecule has 1 aromatic carbocycles. The number of hydrogen-bond donors (Lipinski definition) is 1. The van der Waals surface area contributed by atoms with E-state index in [9.17, 15) is 13.2 Å². The number of carboxylic acid groups (broad SMARTS) is 1. The van der Waals surface area contributed by atoms with Crippen molar-refractivity contribution >= 4 is 21.7 Å². The van der Waals surface area contributed by atoms with E-state index in [4.69, 9.17) is 5.11 Å². The van der Waals surface area contributed by atoms with Crippen LogP contribution in [0.3, 0.4) is 0 Å². The van der Waals surface area contributed by atoms with Crippen LogP contribution in [0.1, 0.15) is 38.7 Å². The van der Waals surface area contributed by atoms with E-state index in [1.54, 1.807) is 12.1 Å². The lowest BCUT2D eigenvalue weighted by Gasteiger charge is -2.25. The molecule has 0 aromatic heterocycles. The number of aliphatic carboxylic acids is 1. The van der Waals surface area contributed by atoms with Gasteiger partial charge >= 0.3 is 5.97 Å². The zero-order chi connectivity index (χ0) is 15.8. The van der Waals surface area contributed by atoms with Crippen molar-refractivity contribution in [2.75, 3.05) is 16.6 Å². The number of para-hydroxylation sites is 1. The summed E-state index contributed by atoms with van der Waals surface area (Å²) in [5.74, 6) is -1.16. The molecule has 1 aliphatic rings. The van der Waals surface area contributed by atoms with Crippen LogP contribution in [0, 0.1) is 5.41 Å². The Hall–Kier alpha value is -1.56. The highest BCUT2D eigenvalue weighted by atomic mass is 32.2. The first-order chi connectivity index (χ1) is 9.60. The van der Waals surface area contributed by atoms with Gasteiger partial charge < -0.3 is 5.11 Å². The average Bonchev–Trinajstić information content (AvgIpc) is 2.65. The molecule has 0 radical (unpaired) electrons. The molecule has 0 amide bonds. The molecule has 0 saturated carbocycles. The maximum Gasteiger partial charge on any atom is 0.304 e. The summed E-state index contributed by atoms with van der Waals surface area (Å²) in [6, 6.07) is 7.15. The van der Waals surface area contributed by atoms with Gasteiger partial charge in [0.15, 0.2) is 0 Å². The minimum absolute atomic E-state index is 0.0358. The predicted octanol–water partition coefficient (Wildman–Crippen LogP) is 2.44. The molecule has 1 unspecified atom stereocenters. The molecule has 1 heterocycles. The third-order valence-corrected chi connectivity index (χ3v) is 5.65. The first-order valence-corrected chi connectivity index (χ1v) is 8.52. The molecule has 1 aromatic rings. The molecule has 0 spiro atoms. The Morgan fingerprint density at radius 1 is 1.33 bits per heavy atom. The van der Waals surface area contributed by atoms with Crippen molar-refractivity contribution in [1.82, 2.24) is 0 Å².